The number of amides is 1. The maximum atomic E-state index is 12.2. The number of nitriles is 1. The molecule has 2 aromatic rings. The summed E-state index contributed by atoms with van der Waals surface area (Å²) >= 11 is 0.735. The van der Waals surface area contributed by atoms with Crippen LogP contribution < -0.4 is 5.32 Å². The molecule has 1 N–H and O–H groups in total. The fourth-order valence-corrected chi connectivity index (χ4v) is 3.31. The van der Waals surface area contributed by atoms with Gasteiger partial charge in [-0.05, 0) is 23.1 Å². The van der Waals surface area contributed by atoms with Crippen molar-refractivity contribution in [2.75, 3.05) is 11.6 Å². The fourth-order valence-electron chi connectivity index (χ4n) is 1.87. The van der Waals surface area contributed by atoms with E-state index in [2.05, 4.69) is 28.5 Å². The molecule has 0 radical (unpaired) electrons. The van der Waals surface area contributed by atoms with Crippen molar-refractivity contribution in [3.63, 3.8) is 0 Å². The Labute approximate surface area is 150 Å². The van der Waals surface area contributed by atoms with E-state index in [1.807, 2.05) is 30.3 Å². The zero-order valence-corrected chi connectivity index (χ0v) is 15.5. The molecule has 0 spiro atoms. The molecule has 25 heavy (non-hydrogen) atoms. The highest BCUT2D eigenvalue weighted by atomic mass is 32.2. The minimum Gasteiger partial charge on any atom is -0.296 e. The summed E-state index contributed by atoms with van der Waals surface area (Å²) in [6.45, 7) is 4.15. The van der Waals surface area contributed by atoms with Gasteiger partial charge in [-0.2, -0.15) is 14.6 Å². The van der Waals surface area contributed by atoms with Gasteiger partial charge in [-0.25, -0.2) is 8.42 Å². The molecular weight excluding hydrogens is 360 g/mol. The maximum Gasteiger partial charge on any atom is 0.268 e. The molecule has 1 aromatic carbocycles. The van der Waals surface area contributed by atoms with Gasteiger partial charge in [-0.15, -0.1) is 0 Å². The molecule has 0 aliphatic carbocycles. The van der Waals surface area contributed by atoms with Crippen LogP contribution in [0.15, 0.2) is 35.0 Å². The predicted octanol–water partition coefficient (Wildman–Crippen LogP) is 2.61. The summed E-state index contributed by atoms with van der Waals surface area (Å²) in [5.74, 6) is -0.287. The van der Waals surface area contributed by atoms with Crippen LogP contribution in [0, 0.1) is 11.3 Å². The second-order valence-electron chi connectivity index (χ2n) is 5.60. The van der Waals surface area contributed by atoms with E-state index in [-0.39, 0.29) is 15.9 Å². The van der Waals surface area contributed by atoms with Gasteiger partial charge in [-0.3, -0.25) is 10.1 Å². The Balaban J connectivity index is 2.18. The van der Waals surface area contributed by atoms with E-state index in [9.17, 15) is 18.5 Å². The third kappa shape index (κ3) is 4.95. The van der Waals surface area contributed by atoms with E-state index in [1.165, 1.54) is 6.08 Å². The Morgan fingerprint density at radius 3 is 2.44 bits per heavy atom. The fraction of sp³-hybridized carbons (Fsp3) is 0.250. The predicted molar refractivity (Wildman–Crippen MR) is 95.8 cm³/mol. The van der Waals surface area contributed by atoms with Crippen LogP contribution in [0.5, 0.6) is 0 Å². The molecule has 9 heteroatoms. The molecule has 0 aliphatic rings. The van der Waals surface area contributed by atoms with Crippen LogP contribution in [0.2, 0.25) is 0 Å². The summed E-state index contributed by atoms with van der Waals surface area (Å²) in [5, 5.41) is 11.2. The van der Waals surface area contributed by atoms with Gasteiger partial charge >= 0.3 is 0 Å². The second-order valence-corrected chi connectivity index (χ2v) is 8.26. The molecule has 0 fully saturated rings. The van der Waals surface area contributed by atoms with Crippen molar-refractivity contribution >= 4 is 38.5 Å². The number of anilines is 1. The number of benzene rings is 1. The highest BCUT2D eigenvalue weighted by Gasteiger charge is 2.17. The van der Waals surface area contributed by atoms with Gasteiger partial charge < -0.3 is 0 Å². The molecule has 130 valence electrons. The summed E-state index contributed by atoms with van der Waals surface area (Å²) in [5.41, 5.74) is 1.75. The first-order chi connectivity index (χ1) is 11.7. The van der Waals surface area contributed by atoms with Gasteiger partial charge in [0.15, 0.2) is 0 Å². The van der Waals surface area contributed by atoms with Gasteiger partial charge in [-0.1, -0.05) is 38.1 Å². The molecule has 0 bridgehead atoms. The Morgan fingerprint density at radius 1 is 1.32 bits per heavy atom. The largest absolute Gasteiger partial charge is 0.296 e. The Kier molecular flexibility index (Phi) is 5.66. The first-order valence-corrected chi connectivity index (χ1v) is 9.94. The number of sulfone groups is 1. The van der Waals surface area contributed by atoms with Crippen molar-refractivity contribution in [2.45, 2.75) is 24.9 Å². The minimum absolute atomic E-state index is 0.0155. The van der Waals surface area contributed by atoms with E-state index in [1.54, 1.807) is 0 Å². The van der Waals surface area contributed by atoms with E-state index < -0.39 is 15.7 Å². The third-order valence-corrected chi connectivity index (χ3v) is 4.83. The smallest absolute Gasteiger partial charge is 0.268 e. The van der Waals surface area contributed by atoms with Crippen LogP contribution in [0.1, 0.15) is 30.9 Å². The lowest BCUT2D eigenvalue weighted by Gasteiger charge is -2.05. The molecule has 1 amide bonds. The molecule has 1 heterocycles. The molecular formula is C16H16N4O3S2. The second kappa shape index (κ2) is 7.55. The van der Waals surface area contributed by atoms with Crippen LogP contribution in [0.25, 0.3) is 6.08 Å². The van der Waals surface area contributed by atoms with Gasteiger partial charge in [0, 0.05) is 17.8 Å². The number of carbonyl (C=O) groups excluding carboxylic acids is 1. The van der Waals surface area contributed by atoms with E-state index in [0.29, 0.717) is 11.5 Å². The van der Waals surface area contributed by atoms with Gasteiger partial charge in [0.2, 0.25) is 15.0 Å². The molecule has 1 aromatic heterocycles. The van der Waals surface area contributed by atoms with Crippen molar-refractivity contribution in [2.24, 2.45) is 0 Å². The quantitative estimate of drug-likeness (QED) is 0.634. The first-order valence-electron chi connectivity index (χ1n) is 7.27. The molecule has 2 rings (SSSR count). The van der Waals surface area contributed by atoms with Crippen LogP contribution in [-0.4, -0.2) is 29.9 Å². The van der Waals surface area contributed by atoms with Gasteiger partial charge in [0.1, 0.15) is 11.6 Å². The van der Waals surface area contributed by atoms with Crippen LogP contribution >= 0.6 is 11.5 Å². The lowest BCUT2D eigenvalue weighted by molar-refractivity contribution is -0.112. The summed E-state index contributed by atoms with van der Waals surface area (Å²) in [7, 11) is -3.55. The Hall–Kier alpha value is -2.57. The third-order valence-electron chi connectivity index (χ3n) is 3.24. The highest BCUT2D eigenvalue weighted by molar-refractivity contribution is 7.90. The van der Waals surface area contributed by atoms with Crippen molar-refractivity contribution in [3.8, 4) is 6.07 Å². The first kappa shape index (κ1) is 18.8. The molecule has 0 aliphatic heterocycles. The van der Waals surface area contributed by atoms with Crippen molar-refractivity contribution in [1.82, 2.24) is 9.36 Å². The van der Waals surface area contributed by atoms with E-state index >= 15 is 0 Å². The molecule has 0 saturated heterocycles. The van der Waals surface area contributed by atoms with Gasteiger partial charge in [0.05, 0.1) is 0 Å². The normalized spacial score (nSPS) is 12.0. The van der Waals surface area contributed by atoms with E-state index in [4.69, 9.17) is 0 Å². The molecule has 0 atom stereocenters. The minimum atomic E-state index is -3.55. The monoisotopic (exact) mass is 376 g/mol. The SMILES string of the molecule is CC(C)c1ccc(C=C(C#N)C(=O)Nc2nc(S(C)(=O)=O)ns2)cc1. The number of rotatable bonds is 5. The summed E-state index contributed by atoms with van der Waals surface area (Å²) in [6.07, 6.45) is 2.43. The lowest BCUT2D eigenvalue weighted by atomic mass is 10.0. The topological polar surface area (TPSA) is 113 Å². The lowest BCUT2D eigenvalue weighted by Crippen LogP contribution is -2.13. The average Bonchev–Trinajstić information content (AvgIpc) is 3.01. The molecule has 7 nitrogen and oxygen atoms in total. The summed E-state index contributed by atoms with van der Waals surface area (Å²) in [6, 6.07) is 9.36. The number of hydrogen-bond acceptors (Lipinski definition) is 7. The maximum absolute atomic E-state index is 12.2. The van der Waals surface area contributed by atoms with Crippen molar-refractivity contribution in [3.05, 3.63) is 41.0 Å². The van der Waals surface area contributed by atoms with Crippen LogP contribution in [-0.2, 0) is 14.6 Å². The van der Waals surface area contributed by atoms with Gasteiger partial charge in [0.25, 0.3) is 11.1 Å². The molecule has 0 saturated carbocycles. The van der Waals surface area contributed by atoms with Crippen LogP contribution in [0.4, 0.5) is 5.13 Å². The number of carbonyl (C=O) groups is 1. The average molecular weight is 376 g/mol. The number of nitrogens with zero attached hydrogens (tertiary/aromatic N) is 3. The number of nitrogens with one attached hydrogen (secondary N) is 1. The van der Waals surface area contributed by atoms with Crippen molar-refractivity contribution < 1.29 is 13.2 Å². The van der Waals surface area contributed by atoms with E-state index in [0.717, 1.165) is 23.4 Å². The standard InChI is InChI=1S/C16H16N4O3S2/c1-10(2)12-6-4-11(5-7-12)8-13(9-17)14(21)18-15-19-16(20-24-15)25(3,22)23/h4-8,10H,1-3H3,(H,18,19,20,21). The van der Waals surface area contributed by atoms with Crippen LogP contribution in [0.3, 0.4) is 0 Å². The summed E-state index contributed by atoms with van der Waals surface area (Å²) in [4.78, 5) is 15.9. The summed E-state index contributed by atoms with van der Waals surface area (Å²) < 4.78 is 26.3. The zero-order chi connectivity index (χ0) is 18.6. The Bertz CT molecular complexity index is 952. The number of hydrogen-bond donors (Lipinski definition) is 1. The number of aromatic nitrogens is 2. The van der Waals surface area contributed by atoms with Crippen molar-refractivity contribution in [1.29, 1.82) is 5.26 Å². The zero-order valence-electron chi connectivity index (χ0n) is 13.8. The Morgan fingerprint density at radius 2 is 1.96 bits per heavy atom. The molecule has 0 unspecified atom stereocenters. The highest BCUT2D eigenvalue weighted by Crippen LogP contribution is 2.18.